The highest BCUT2D eigenvalue weighted by Gasteiger charge is 2.25. The lowest BCUT2D eigenvalue weighted by molar-refractivity contribution is 0.0938. The summed E-state index contributed by atoms with van der Waals surface area (Å²) in [6, 6.07) is 3.70. The lowest BCUT2D eigenvalue weighted by Gasteiger charge is -2.16. The molecule has 0 saturated heterocycles. The third kappa shape index (κ3) is 2.51. The van der Waals surface area contributed by atoms with Crippen LogP contribution in [0, 0.1) is 0 Å². The molecule has 1 aromatic rings. The molecule has 0 unspecified atom stereocenters. The maximum atomic E-state index is 11.7. The highest BCUT2D eigenvalue weighted by Crippen LogP contribution is 2.22. The second kappa shape index (κ2) is 4.51. The summed E-state index contributed by atoms with van der Waals surface area (Å²) < 4.78 is 0.635. The smallest absolute Gasteiger partial charge is 0.261 e. The molecule has 0 spiro atoms. The molecule has 1 heterocycles. The molecule has 2 rings (SSSR count). The van der Waals surface area contributed by atoms with Crippen molar-refractivity contribution >= 4 is 28.8 Å². The standard InChI is InChI=1S/C10H13ClN2OS/c11-9-5-4-8(15-9)10(14)13-7-3-1-2-6(7)12/h4-7H,1-3,12H2,(H,13,14)/t6-,7+/m0/s1. The molecular formula is C10H13ClN2OS. The highest BCUT2D eigenvalue weighted by molar-refractivity contribution is 7.17. The Balaban J connectivity index is 1.97. The van der Waals surface area contributed by atoms with Gasteiger partial charge in [0.25, 0.3) is 5.91 Å². The summed E-state index contributed by atoms with van der Waals surface area (Å²) in [6.45, 7) is 0. The summed E-state index contributed by atoms with van der Waals surface area (Å²) in [5.74, 6) is -0.0609. The molecule has 3 N–H and O–H groups in total. The number of nitrogens with two attached hydrogens (primary N) is 1. The van der Waals surface area contributed by atoms with Gasteiger partial charge in [0.15, 0.2) is 0 Å². The summed E-state index contributed by atoms with van der Waals surface area (Å²) >= 11 is 7.06. The van der Waals surface area contributed by atoms with Crippen LogP contribution in [0.15, 0.2) is 12.1 Å². The predicted octanol–water partition coefficient (Wildman–Crippen LogP) is 2.01. The van der Waals surface area contributed by atoms with Gasteiger partial charge in [-0.1, -0.05) is 11.6 Å². The van der Waals surface area contributed by atoms with E-state index >= 15 is 0 Å². The molecule has 0 aromatic carbocycles. The van der Waals surface area contributed by atoms with E-state index in [9.17, 15) is 4.79 Å². The Morgan fingerprint density at radius 1 is 1.53 bits per heavy atom. The summed E-state index contributed by atoms with van der Waals surface area (Å²) in [7, 11) is 0. The van der Waals surface area contributed by atoms with E-state index in [1.165, 1.54) is 11.3 Å². The number of amides is 1. The van der Waals surface area contributed by atoms with E-state index in [2.05, 4.69) is 5.32 Å². The molecule has 15 heavy (non-hydrogen) atoms. The molecule has 1 saturated carbocycles. The zero-order chi connectivity index (χ0) is 10.8. The number of rotatable bonds is 2. The van der Waals surface area contributed by atoms with E-state index in [1.54, 1.807) is 12.1 Å². The summed E-state index contributed by atoms with van der Waals surface area (Å²) in [6.07, 6.45) is 3.07. The number of halogens is 1. The molecule has 0 bridgehead atoms. The van der Waals surface area contributed by atoms with Gasteiger partial charge >= 0.3 is 0 Å². The first kappa shape index (κ1) is 10.9. The van der Waals surface area contributed by atoms with Crippen molar-refractivity contribution in [2.75, 3.05) is 0 Å². The van der Waals surface area contributed by atoms with Crippen LogP contribution in [0.3, 0.4) is 0 Å². The lowest BCUT2D eigenvalue weighted by Crippen LogP contribution is -2.43. The third-order valence-corrected chi connectivity index (χ3v) is 3.91. The van der Waals surface area contributed by atoms with Crippen molar-refractivity contribution in [2.24, 2.45) is 5.73 Å². The zero-order valence-corrected chi connectivity index (χ0v) is 9.77. The molecule has 0 aliphatic heterocycles. The van der Waals surface area contributed by atoms with Crippen molar-refractivity contribution in [1.29, 1.82) is 0 Å². The van der Waals surface area contributed by atoms with E-state index in [0.717, 1.165) is 19.3 Å². The second-order valence-corrected chi connectivity index (χ2v) is 5.49. The number of carbonyl (C=O) groups excluding carboxylic acids is 1. The molecule has 5 heteroatoms. The van der Waals surface area contributed by atoms with Crippen molar-refractivity contribution in [3.05, 3.63) is 21.3 Å². The Morgan fingerprint density at radius 2 is 2.33 bits per heavy atom. The van der Waals surface area contributed by atoms with Gasteiger partial charge in [-0.15, -0.1) is 11.3 Å². The van der Waals surface area contributed by atoms with Crippen LogP contribution in [0.25, 0.3) is 0 Å². The van der Waals surface area contributed by atoms with Crippen molar-refractivity contribution in [2.45, 2.75) is 31.3 Å². The van der Waals surface area contributed by atoms with Gasteiger partial charge in [0, 0.05) is 12.1 Å². The Bertz CT molecular complexity index is 366. The van der Waals surface area contributed by atoms with E-state index < -0.39 is 0 Å². The Morgan fingerprint density at radius 3 is 2.87 bits per heavy atom. The number of carbonyl (C=O) groups is 1. The van der Waals surface area contributed by atoms with Gasteiger partial charge in [0.1, 0.15) is 0 Å². The SMILES string of the molecule is N[C@H]1CCC[C@H]1NC(=O)c1ccc(Cl)s1. The number of hydrogen-bond donors (Lipinski definition) is 2. The average molecular weight is 245 g/mol. The van der Waals surface area contributed by atoms with Crippen LogP contribution in [0.1, 0.15) is 28.9 Å². The largest absolute Gasteiger partial charge is 0.347 e. The van der Waals surface area contributed by atoms with Gasteiger partial charge in [-0.3, -0.25) is 4.79 Å². The molecule has 1 aliphatic rings. The van der Waals surface area contributed by atoms with Crippen LogP contribution in [0.2, 0.25) is 4.34 Å². The summed E-state index contributed by atoms with van der Waals surface area (Å²) in [5, 5.41) is 2.95. The second-order valence-electron chi connectivity index (χ2n) is 3.78. The maximum Gasteiger partial charge on any atom is 0.261 e. The van der Waals surface area contributed by atoms with Crippen LogP contribution in [-0.4, -0.2) is 18.0 Å². The fourth-order valence-corrected chi connectivity index (χ4v) is 2.79. The van der Waals surface area contributed by atoms with Crippen molar-refractivity contribution in [3.63, 3.8) is 0 Å². The lowest BCUT2D eigenvalue weighted by atomic mass is 10.2. The molecule has 1 amide bonds. The van der Waals surface area contributed by atoms with Gasteiger partial charge in [-0.2, -0.15) is 0 Å². The first-order valence-electron chi connectivity index (χ1n) is 4.98. The molecule has 1 fully saturated rings. The Hall–Kier alpha value is -0.580. The quantitative estimate of drug-likeness (QED) is 0.836. The van der Waals surface area contributed by atoms with Gasteiger partial charge in [-0.25, -0.2) is 0 Å². The predicted molar refractivity (Wildman–Crippen MR) is 62.4 cm³/mol. The van der Waals surface area contributed by atoms with Crippen molar-refractivity contribution < 1.29 is 4.79 Å². The van der Waals surface area contributed by atoms with E-state index in [1.807, 2.05) is 0 Å². The van der Waals surface area contributed by atoms with Gasteiger partial charge in [0.05, 0.1) is 9.21 Å². The topological polar surface area (TPSA) is 55.1 Å². The van der Waals surface area contributed by atoms with Crippen molar-refractivity contribution in [1.82, 2.24) is 5.32 Å². The van der Waals surface area contributed by atoms with Crippen LogP contribution in [0.4, 0.5) is 0 Å². The van der Waals surface area contributed by atoms with Crippen molar-refractivity contribution in [3.8, 4) is 0 Å². The first-order chi connectivity index (χ1) is 7.16. The van der Waals surface area contributed by atoms with Crippen LogP contribution in [-0.2, 0) is 0 Å². The molecule has 3 nitrogen and oxygen atoms in total. The fraction of sp³-hybridized carbons (Fsp3) is 0.500. The number of nitrogens with one attached hydrogen (secondary N) is 1. The normalized spacial score (nSPS) is 25.5. The van der Waals surface area contributed by atoms with E-state index in [0.29, 0.717) is 9.21 Å². The van der Waals surface area contributed by atoms with E-state index in [4.69, 9.17) is 17.3 Å². The van der Waals surface area contributed by atoms with Gasteiger partial charge < -0.3 is 11.1 Å². The minimum Gasteiger partial charge on any atom is -0.347 e. The van der Waals surface area contributed by atoms with Crippen LogP contribution < -0.4 is 11.1 Å². The molecule has 82 valence electrons. The highest BCUT2D eigenvalue weighted by atomic mass is 35.5. The average Bonchev–Trinajstić information content (AvgIpc) is 2.77. The monoisotopic (exact) mass is 244 g/mol. The Kier molecular flexibility index (Phi) is 3.29. The molecule has 2 atom stereocenters. The maximum absolute atomic E-state index is 11.7. The first-order valence-corrected chi connectivity index (χ1v) is 6.18. The molecule has 1 aliphatic carbocycles. The van der Waals surface area contributed by atoms with Gasteiger partial charge in [-0.05, 0) is 31.4 Å². The Labute approximate surface area is 97.6 Å². The fourth-order valence-electron chi connectivity index (χ4n) is 1.84. The van der Waals surface area contributed by atoms with E-state index in [-0.39, 0.29) is 18.0 Å². The minimum atomic E-state index is -0.0609. The number of hydrogen-bond acceptors (Lipinski definition) is 3. The number of thiophene rings is 1. The molecule has 0 radical (unpaired) electrons. The van der Waals surface area contributed by atoms with Gasteiger partial charge in [0.2, 0.25) is 0 Å². The van der Waals surface area contributed by atoms with Crippen LogP contribution >= 0.6 is 22.9 Å². The zero-order valence-electron chi connectivity index (χ0n) is 8.20. The van der Waals surface area contributed by atoms with Crippen LogP contribution in [0.5, 0.6) is 0 Å². The third-order valence-electron chi connectivity index (χ3n) is 2.68. The summed E-state index contributed by atoms with van der Waals surface area (Å²) in [4.78, 5) is 12.4. The minimum absolute atomic E-state index is 0.0609. The molecular weight excluding hydrogens is 232 g/mol. The molecule has 1 aromatic heterocycles. The summed E-state index contributed by atoms with van der Waals surface area (Å²) in [5.41, 5.74) is 5.87.